The second kappa shape index (κ2) is 4.69. The van der Waals surface area contributed by atoms with Crippen LogP contribution in [0.4, 0.5) is 0 Å². The third kappa shape index (κ3) is 2.40. The van der Waals surface area contributed by atoms with E-state index in [1.807, 2.05) is 19.1 Å². The second-order valence-corrected chi connectivity index (χ2v) is 4.54. The van der Waals surface area contributed by atoms with Crippen LogP contribution in [0.2, 0.25) is 0 Å². The molecule has 96 valence electrons. The molecule has 1 aromatic heterocycles. The second-order valence-electron chi connectivity index (χ2n) is 4.54. The Bertz CT molecular complexity index is 696. The van der Waals surface area contributed by atoms with Gasteiger partial charge in [0.1, 0.15) is 23.7 Å². The van der Waals surface area contributed by atoms with Gasteiger partial charge in [0.25, 0.3) is 0 Å². The lowest BCUT2D eigenvalue weighted by atomic mass is 10.1. The minimum atomic E-state index is 0.233. The van der Waals surface area contributed by atoms with Crippen LogP contribution in [-0.4, -0.2) is 5.11 Å². The summed E-state index contributed by atoms with van der Waals surface area (Å²) in [6.07, 6.45) is 1.73. The molecule has 0 amide bonds. The molecule has 1 heterocycles. The topological polar surface area (TPSA) is 42.6 Å². The smallest absolute Gasteiger partial charge is 0.134 e. The summed E-state index contributed by atoms with van der Waals surface area (Å²) in [6, 6.07) is 12.8. The number of fused-ring (bicyclic) bond motifs is 1. The normalized spacial score (nSPS) is 10.8. The minimum Gasteiger partial charge on any atom is -0.508 e. The van der Waals surface area contributed by atoms with Gasteiger partial charge in [0.15, 0.2) is 0 Å². The summed E-state index contributed by atoms with van der Waals surface area (Å²) in [4.78, 5) is 0. The molecule has 0 saturated carbocycles. The number of aromatic hydroxyl groups is 1. The van der Waals surface area contributed by atoms with E-state index in [4.69, 9.17) is 9.15 Å². The molecule has 0 unspecified atom stereocenters. The van der Waals surface area contributed by atoms with Crippen LogP contribution in [0.3, 0.4) is 0 Å². The van der Waals surface area contributed by atoms with Crippen molar-refractivity contribution in [2.24, 2.45) is 0 Å². The zero-order chi connectivity index (χ0) is 13.2. The highest BCUT2D eigenvalue weighted by atomic mass is 16.5. The maximum absolute atomic E-state index is 9.21. The summed E-state index contributed by atoms with van der Waals surface area (Å²) in [5.74, 6) is 0.954. The van der Waals surface area contributed by atoms with Crippen LogP contribution in [0.5, 0.6) is 11.5 Å². The molecule has 0 atom stereocenters. The zero-order valence-corrected chi connectivity index (χ0v) is 10.6. The Morgan fingerprint density at radius 2 is 1.89 bits per heavy atom. The highest BCUT2D eigenvalue weighted by Gasteiger charge is 2.06. The van der Waals surface area contributed by atoms with Crippen molar-refractivity contribution in [1.82, 2.24) is 0 Å². The molecule has 3 rings (SSSR count). The van der Waals surface area contributed by atoms with Gasteiger partial charge in [-0.05, 0) is 42.8 Å². The molecule has 0 aliphatic carbocycles. The molecule has 3 nitrogen and oxygen atoms in total. The van der Waals surface area contributed by atoms with E-state index in [1.54, 1.807) is 30.5 Å². The van der Waals surface area contributed by atoms with E-state index in [9.17, 15) is 5.11 Å². The van der Waals surface area contributed by atoms with Gasteiger partial charge in [-0.1, -0.05) is 12.1 Å². The molecule has 0 fully saturated rings. The van der Waals surface area contributed by atoms with Crippen LogP contribution in [0, 0.1) is 6.92 Å². The van der Waals surface area contributed by atoms with E-state index < -0.39 is 0 Å². The lowest BCUT2D eigenvalue weighted by Crippen LogP contribution is -1.93. The summed E-state index contributed by atoms with van der Waals surface area (Å²) >= 11 is 0. The van der Waals surface area contributed by atoms with Crippen LogP contribution >= 0.6 is 0 Å². The van der Waals surface area contributed by atoms with Gasteiger partial charge in [0.05, 0.1) is 6.26 Å². The van der Waals surface area contributed by atoms with Gasteiger partial charge in [-0.15, -0.1) is 0 Å². The molecular weight excluding hydrogens is 240 g/mol. The Balaban J connectivity index is 1.80. The number of furan rings is 1. The Labute approximate surface area is 111 Å². The summed E-state index contributed by atoms with van der Waals surface area (Å²) in [5.41, 5.74) is 3.07. The monoisotopic (exact) mass is 254 g/mol. The molecule has 2 aromatic carbocycles. The first-order chi connectivity index (χ1) is 9.22. The van der Waals surface area contributed by atoms with Crippen molar-refractivity contribution in [2.45, 2.75) is 13.5 Å². The van der Waals surface area contributed by atoms with Crippen molar-refractivity contribution in [3.8, 4) is 11.5 Å². The first kappa shape index (κ1) is 11.7. The molecule has 19 heavy (non-hydrogen) atoms. The van der Waals surface area contributed by atoms with Crippen molar-refractivity contribution in [1.29, 1.82) is 0 Å². The third-order valence-corrected chi connectivity index (χ3v) is 3.04. The highest BCUT2D eigenvalue weighted by Crippen LogP contribution is 2.24. The van der Waals surface area contributed by atoms with E-state index >= 15 is 0 Å². The number of phenols is 1. The predicted octanol–water partition coefficient (Wildman–Crippen LogP) is 4.03. The van der Waals surface area contributed by atoms with Crippen LogP contribution in [-0.2, 0) is 6.61 Å². The van der Waals surface area contributed by atoms with E-state index in [2.05, 4.69) is 6.07 Å². The van der Waals surface area contributed by atoms with Crippen LogP contribution in [0.15, 0.2) is 53.1 Å². The van der Waals surface area contributed by atoms with Gasteiger partial charge in [-0.25, -0.2) is 0 Å². The highest BCUT2D eigenvalue weighted by molar-refractivity contribution is 5.81. The van der Waals surface area contributed by atoms with Crippen LogP contribution in [0.25, 0.3) is 11.0 Å². The van der Waals surface area contributed by atoms with Crippen molar-refractivity contribution < 1.29 is 14.3 Å². The van der Waals surface area contributed by atoms with Crippen molar-refractivity contribution in [3.05, 3.63) is 59.9 Å². The van der Waals surface area contributed by atoms with Crippen LogP contribution in [0.1, 0.15) is 11.1 Å². The lowest BCUT2D eigenvalue weighted by molar-refractivity contribution is 0.305. The maximum Gasteiger partial charge on any atom is 0.134 e. The number of hydrogen-bond acceptors (Lipinski definition) is 3. The van der Waals surface area contributed by atoms with Crippen molar-refractivity contribution >= 4 is 11.0 Å². The standard InChI is InChI=1S/C16H14O3/c1-11-2-7-15-12(10-19-16(15)8-11)9-18-14-5-3-13(17)4-6-14/h2-8,10,17H,9H2,1H3. The van der Waals surface area contributed by atoms with Gasteiger partial charge in [0.2, 0.25) is 0 Å². The SMILES string of the molecule is Cc1ccc2c(COc3ccc(O)cc3)coc2c1. The average molecular weight is 254 g/mol. The molecule has 3 aromatic rings. The molecule has 0 aliphatic rings. The summed E-state index contributed by atoms with van der Waals surface area (Å²) in [7, 11) is 0. The molecule has 0 spiro atoms. The van der Waals surface area contributed by atoms with Gasteiger partial charge < -0.3 is 14.3 Å². The fourth-order valence-corrected chi connectivity index (χ4v) is 2.01. The largest absolute Gasteiger partial charge is 0.508 e. The Kier molecular flexibility index (Phi) is 2.88. The number of rotatable bonds is 3. The van der Waals surface area contributed by atoms with Crippen molar-refractivity contribution in [3.63, 3.8) is 0 Å². The molecule has 3 heteroatoms. The fraction of sp³-hybridized carbons (Fsp3) is 0.125. The summed E-state index contributed by atoms with van der Waals surface area (Å²) in [5, 5.41) is 10.3. The maximum atomic E-state index is 9.21. The minimum absolute atomic E-state index is 0.233. The number of hydrogen-bond donors (Lipinski definition) is 1. The van der Waals surface area contributed by atoms with E-state index in [1.165, 1.54) is 5.56 Å². The summed E-state index contributed by atoms with van der Waals surface area (Å²) < 4.78 is 11.2. The Hall–Kier alpha value is -2.42. The number of aryl methyl sites for hydroxylation is 1. The van der Waals surface area contributed by atoms with E-state index in [0.717, 1.165) is 22.3 Å². The molecule has 0 bridgehead atoms. The van der Waals surface area contributed by atoms with E-state index in [0.29, 0.717) is 6.61 Å². The number of ether oxygens (including phenoxy) is 1. The van der Waals surface area contributed by atoms with Gasteiger partial charge in [-0.2, -0.15) is 0 Å². The predicted molar refractivity (Wildman–Crippen MR) is 73.4 cm³/mol. The first-order valence-corrected chi connectivity index (χ1v) is 6.11. The third-order valence-electron chi connectivity index (χ3n) is 3.04. The molecule has 0 aliphatic heterocycles. The molecule has 0 saturated heterocycles. The number of benzene rings is 2. The van der Waals surface area contributed by atoms with Crippen LogP contribution < -0.4 is 4.74 Å². The van der Waals surface area contributed by atoms with Crippen molar-refractivity contribution in [2.75, 3.05) is 0 Å². The fourth-order valence-electron chi connectivity index (χ4n) is 2.01. The zero-order valence-electron chi connectivity index (χ0n) is 10.6. The van der Waals surface area contributed by atoms with Gasteiger partial charge in [0, 0.05) is 10.9 Å². The Morgan fingerprint density at radius 1 is 1.11 bits per heavy atom. The Morgan fingerprint density at radius 3 is 2.68 bits per heavy atom. The van der Waals surface area contributed by atoms with Gasteiger partial charge in [-0.3, -0.25) is 0 Å². The average Bonchev–Trinajstić information content (AvgIpc) is 2.80. The molecule has 0 radical (unpaired) electrons. The summed E-state index contributed by atoms with van der Waals surface area (Å²) in [6.45, 7) is 2.48. The first-order valence-electron chi connectivity index (χ1n) is 6.11. The number of phenolic OH excluding ortho intramolecular Hbond substituents is 1. The molecular formula is C16H14O3. The van der Waals surface area contributed by atoms with E-state index in [-0.39, 0.29) is 5.75 Å². The quantitative estimate of drug-likeness (QED) is 0.767. The molecule has 1 N–H and O–H groups in total. The van der Waals surface area contributed by atoms with Gasteiger partial charge >= 0.3 is 0 Å². The lowest BCUT2D eigenvalue weighted by Gasteiger charge is -2.04.